The highest BCUT2D eigenvalue weighted by atomic mass is 32.3. The zero-order valence-corrected chi connectivity index (χ0v) is 32.8. The molecule has 0 N–H and O–H groups in total. The molecular weight excluding hydrogens is 729 g/mol. The normalized spacial score (nSPS) is 12.2. The molecule has 0 saturated carbocycles. The Hall–Kier alpha value is -4.67. The summed E-state index contributed by atoms with van der Waals surface area (Å²) in [5.41, 5.74) is 5.78. The average molecular weight is 773 g/mol. The minimum Gasteiger partial charge on any atom is -0.372 e. The lowest BCUT2D eigenvalue weighted by Gasteiger charge is -2.23. The lowest BCUT2D eigenvalue weighted by molar-refractivity contribution is -0.628. The molecule has 15 heteroatoms. The van der Waals surface area contributed by atoms with Crippen molar-refractivity contribution in [3.63, 3.8) is 0 Å². The topological polar surface area (TPSA) is 116 Å². The molecule has 0 aliphatic carbocycles. The van der Waals surface area contributed by atoms with Crippen molar-refractivity contribution in [1.82, 2.24) is 0 Å². The summed E-state index contributed by atoms with van der Waals surface area (Å²) in [6.07, 6.45) is 1.03. The van der Waals surface area contributed by atoms with Crippen LogP contribution in [0.25, 0.3) is 20.4 Å². The maximum atomic E-state index is 12.4. The van der Waals surface area contributed by atoms with E-state index < -0.39 is 10.4 Å². The molecule has 0 amide bonds. The third-order valence-electron chi connectivity index (χ3n) is 8.72. The maximum Gasteiger partial charge on any atom is 0.409 e. The smallest absolute Gasteiger partial charge is 0.372 e. The molecule has 0 radical (unpaired) electrons. The summed E-state index contributed by atoms with van der Waals surface area (Å²) in [6.45, 7) is 6.94. The van der Waals surface area contributed by atoms with Gasteiger partial charge in [0.2, 0.25) is 0 Å². The van der Waals surface area contributed by atoms with E-state index in [0.29, 0.717) is 25.9 Å². The van der Waals surface area contributed by atoms with Crippen molar-refractivity contribution in [3.8, 4) is 0 Å². The molecule has 2 aromatic heterocycles. The molecule has 0 fully saturated rings. The fourth-order valence-electron chi connectivity index (χ4n) is 5.82. The third-order valence-corrected chi connectivity index (χ3v) is 11.8. The summed E-state index contributed by atoms with van der Waals surface area (Å²) in [4.78, 5) is 4.31. The lowest BCUT2D eigenvalue weighted by atomic mass is 10.2. The largest absolute Gasteiger partial charge is 0.409 e. The minimum atomic E-state index is -4.10. The highest BCUT2D eigenvalue weighted by Gasteiger charge is 2.17. The van der Waals surface area contributed by atoms with Gasteiger partial charge in [0.15, 0.2) is 0 Å². The van der Waals surface area contributed by atoms with Crippen molar-refractivity contribution in [2.75, 3.05) is 49.2 Å². The first-order valence-electron chi connectivity index (χ1n) is 17.6. The van der Waals surface area contributed by atoms with Gasteiger partial charge in [-0.05, 0) is 132 Å². The van der Waals surface area contributed by atoms with Crippen LogP contribution in [0.1, 0.15) is 26.7 Å². The van der Waals surface area contributed by atoms with Gasteiger partial charge < -0.3 is 9.80 Å². The molecule has 0 spiro atoms. The van der Waals surface area contributed by atoms with Crippen molar-refractivity contribution in [2.45, 2.75) is 26.7 Å². The zero-order chi connectivity index (χ0) is 37.2. The van der Waals surface area contributed by atoms with Crippen molar-refractivity contribution < 1.29 is 25.9 Å². The number of azo groups is 2. The van der Waals surface area contributed by atoms with E-state index >= 15 is 0 Å². The van der Waals surface area contributed by atoms with Crippen LogP contribution in [0.3, 0.4) is 0 Å². The highest BCUT2D eigenvalue weighted by Crippen LogP contribution is 2.29. The predicted molar refractivity (Wildman–Crippen MR) is 213 cm³/mol. The van der Waals surface area contributed by atoms with Crippen LogP contribution in [0, 0.1) is 0 Å². The number of rotatable bonds is 18. The van der Waals surface area contributed by atoms with E-state index in [4.69, 9.17) is 8.37 Å². The minimum absolute atomic E-state index is 0.0310. The lowest BCUT2D eigenvalue weighted by Crippen LogP contribution is -2.26. The Morgan fingerprint density at radius 1 is 0.585 bits per heavy atom. The van der Waals surface area contributed by atoms with Crippen LogP contribution >= 0.6 is 22.7 Å². The number of para-hydroxylation sites is 2. The van der Waals surface area contributed by atoms with E-state index in [1.54, 1.807) is 22.7 Å². The van der Waals surface area contributed by atoms with Gasteiger partial charge in [0.25, 0.3) is 0 Å². The molecule has 0 aliphatic heterocycles. The number of benzene rings is 4. The van der Waals surface area contributed by atoms with E-state index in [2.05, 4.69) is 68.4 Å². The van der Waals surface area contributed by atoms with Gasteiger partial charge in [-0.15, -0.1) is 0 Å². The molecular formula is C38H44N8O4S3+2. The Kier molecular flexibility index (Phi) is 12.9. The van der Waals surface area contributed by atoms with Crippen molar-refractivity contribution in [2.24, 2.45) is 34.6 Å². The monoisotopic (exact) mass is 772 g/mol. The van der Waals surface area contributed by atoms with E-state index in [9.17, 15) is 8.42 Å². The third kappa shape index (κ3) is 9.86. The number of fused-ring (bicyclic) bond motifs is 2. The van der Waals surface area contributed by atoms with E-state index in [0.717, 1.165) is 66.5 Å². The Balaban J connectivity index is 0.904. The summed E-state index contributed by atoms with van der Waals surface area (Å²) in [6, 6.07) is 32.1. The van der Waals surface area contributed by atoms with Gasteiger partial charge >= 0.3 is 20.7 Å². The highest BCUT2D eigenvalue weighted by molar-refractivity contribution is 7.81. The molecule has 0 bridgehead atoms. The Morgan fingerprint density at radius 3 is 1.36 bits per heavy atom. The van der Waals surface area contributed by atoms with Crippen LogP contribution in [0.5, 0.6) is 0 Å². The van der Waals surface area contributed by atoms with Crippen molar-refractivity contribution in [1.29, 1.82) is 0 Å². The predicted octanol–water partition coefficient (Wildman–Crippen LogP) is 9.01. The molecule has 0 aliphatic rings. The number of anilines is 2. The van der Waals surface area contributed by atoms with Gasteiger partial charge in [-0.2, -0.15) is 8.42 Å². The summed E-state index contributed by atoms with van der Waals surface area (Å²) in [7, 11) is -0.121. The summed E-state index contributed by atoms with van der Waals surface area (Å²) < 4.78 is 41.6. The first-order chi connectivity index (χ1) is 25.7. The Morgan fingerprint density at radius 2 is 0.981 bits per heavy atom. The fourth-order valence-corrected chi connectivity index (χ4v) is 8.48. The molecule has 6 rings (SSSR count). The zero-order valence-electron chi connectivity index (χ0n) is 30.3. The number of nitrogens with zero attached hydrogens (tertiary/aromatic N) is 8. The van der Waals surface area contributed by atoms with Crippen LogP contribution in [-0.2, 0) is 32.9 Å². The second-order valence-corrected chi connectivity index (χ2v) is 15.5. The van der Waals surface area contributed by atoms with Crippen LogP contribution < -0.4 is 18.9 Å². The molecule has 0 saturated heterocycles. The summed E-state index contributed by atoms with van der Waals surface area (Å²) in [5, 5.41) is 19.5. The fraction of sp³-hybridized carbons (Fsp3) is 0.316. The Labute approximate surface area is 318 Å². The number of hydrogen-bond acceptors (Lipinski definition) is 12. The van der Waals surface area contributed by atoms with Gasteiger partial charge in [-0.3, -0.25) is 0 Å². The average Bonchev–Trinajstić information content (AvgIpc) is 3.68. The number of thiazole rings is 2. The Bertz CT molecular complexity index is 2130. The van der Waals surface area contributed by atoms with Crippen LogP contribution in [0.4, 0.5) is 33.0 Å². The quantitative estimate of drug-likeness (QED) is 0.0489. The van der Waals surface area contributed by atoms with Crippen LogP contribution in [0.2, 0.25) is 0 Å². The molecule has 4 aromatic carbocycles. The van der Waals surface area contributed by atoms with Gasteiger partial charge in [0.1, 0.15) is 22.4 Å². The van der Waals surface area contributed by atoms with Crippen molar-refractivity contribution in [3.05, 3.63) is 97.1 Å². The second kappa shape index (κ2) is 17.9. The molecule has 0 unspecified atom stereocenters. The van der Waals surface area contributed by atoms with Gasteiger partial charge in [-0.1, -0.05) is 24.3 Å². The van der Waals surface area contributed by atoms with E-state index in [1.807, 2.05) is 96.0 Å². The molecule has 2 heterocycles. The number of aromatic nitrogens is 2. The maximum absolute atomic E-state index is 12.4. The van der Waals surface area contributed by atoms with Crippen LogP contribution in [-0.4, -0.2) is 47.8 Å². The van der Waals surface area contributed by atoms with E-state index in [1.165, 1.54) is 0 Å². The summed E-state index contributed by atoms with van der Waals surface area (Å²) >= 11 is 3.20. The second-order valence-electron chi connectivity index (χ2n) is 12.2. The number of aryl methyl sites for hydroxylation is 2. The summed E-state index contributed by atoms with van der Waals surface area (Å²) in [5.74, 6) is 0. The number of hydrogen-bond donors (Lipinski definition) is 0. The molecule has 53 heavy (non-hydrogen) atoms. The van der Waals surface area contributed by atoms with Crippen molar-refractivity contribution >= 4 is 86.5 Å². The standard InChI is InChI=1S/C38H44N8O4S3/c1-5-45(31-21-17-29(18-22-31)39-41-37-43(3)33-13-7-9-15-35(33)51-37)25-11-27-49-53(47,48)50-28-12-26-46(6-2)32-23-19-30(20-24-32)40-42-38-44(4)34-14-8-10-16-36(34)52-38/h7-10,13-24H,5-6,11-12,25-28H2,1-4H3/q+2. The first-order valence-corrected chi connectivity index (χ1v) is 20.5. The van der Waals surface area contributed by atoms with Gasteiger partial charge in [-0.25, -0.2) is 17.5 Å². The van der Waals surface area contributed by atoms with Gasteiger partial charge in [0, 0.05) is 37.6 Å². The molecule has 12 nitrogen and oxygen atoms in total. The molecule has 276 valence electrons. The van der Waals surface area contributed by atoms with E-state index in [-0.39, 0.29) is 13.2 Å². The SMILES string of the molecule is CCN(CCCOS(=O)(=O)OCCCN(CC)c1ccc(/N=N/c2sc3ccccc3[n+]2C)cc1)c1ccc(/N=N/c2sc3ccccc3[n+]2C)cc1. The van der Waals surface area contributed by atoms with Gasteiger partial charge in [0.05, 0.1) is 46.9 Å². The van der Waals surface area contributed by atoms with Crippen LogP contribution in [0.15, 0.2) is 118 Å². The molecule has 0 atom stereocenters. The first kappa shape index (κ1) is 38.1. The molecule has 6 aromatic rings.